The summed E-state index contributed by atoms with van der Waals surface area (Å²) in [7, 11) is 1.98. The first-order chi connectivity index (χ1) is 12.4. The van der Waals surface area contributed by atoms with E-state index in [-0.39, 0.29) is 11.8 Å². The number of benzene rings is 1. The first-order valence-electron chi connectivity index (χ1n) is 9.37. The molecule has 6 heteroatoms. The molecule has 0 unspecified atom stereocenters. The van der Waals surface area contributed by atoms with Gasteiger partial charge < -0.3 is 14.4 Å². The second kappa shape index (κ2) is 7.48. The molecule has 3 rings (SSSR count). The van der Waals surface area contributed by atoms with Gasteiger partial charge in [0.05, 0.1) is 11.0 Å². The molecule has 2 aromatic rings. The van der Waals surface area contributed by atoms with E-state index in [2.05, 4.69) is 18.8 Å². The van der Waals surface area contributed by atoms with Crippen LogP contribution in [0.15, 0.2) is 18.2 Å². The van der Waals surface area contributed by atoms with Crippen LogP contribution in [-0.2, 0) is 11.8 Å². The third-order valence-corrected chi connectivity index (χ3v) is 5.07. The molecule has 1 aromatic carbocycles. The number of carbonyl (C=O) groups excluding carboxylic acids is 2. The van der Waals surface area contributed by atoms with Gasteiger partial charge in [0.15, 0.2) is 0 Å². The van der Waals surface area contributed by atoms with E-state index in [1.807, 2.05) is 46.5 Å². The molecule has 2 heterocycles. The molecule has 1 aliphatic rings. The van der Waals surface area contributed by atoms with Gasteiger partial charge in [-0.15, -0.1) is 0 Å². The van der Waals surface area contributed by atoms with Crippen LogP contribution in [0.2, 0.25) is 0 Å². The number of rotatable bonds is 3. The van der Waals surface area contributed by atoms with E-state index in [1.54, 1.807) is 0 Å². The number of nitrogens with zero attached hydrogens (tertiary/aromatic N) is 4. The van der Waals surface area contributed by atoms with Crippen molar-refractivity contribution in [3.63, 3.8) is 0 Å². The summed E-state index contributed by atoms with van der Waals surface area (Å²) < 4.78 is 2.02. The third kappa shape index (κ3) is 3.74. The lowest BCUT2D eigenvalue weighted by Crippen LogP contribution is -2.37. The van der Waals surface area contributed by atoms with Crippen LogP contribution < -0.4 is 0 Å². The molecule has 6 nitrogen and oxygen atoms in total. The van der Waals surface area contributed by atoms with Gasteiger partial charge in [0.1, 0.15) is 5.82 Å². The summed E-state index contributed by atoms with van der Waals surface area (Å²) in [6.07, 6.45) is 1.39. The SMILES string of the molecule is Cc1nc2cc(C(=O)N3CCCN(C(=O)CC(C)C)CC3)ccc2n1C. The predicted octanol–water partition coefficient (Wildman–Crippen LogP) is 2.60. The summed E-state index contributed by atoms with van der Waals surface area (Å²) in [6, 6.07) is 5.70. The summed E-state index contributed by atoms with van der Waals surface area (Å²) >= 11 is 0. The van der Waals surface area contributed by atoms with Crippen LogP contribution >= 0.6 is 0 Å². The zero-order chi connectivity index (χ0) is 18.8. The van der Waals surface area contributed by atoms with Gasteiger partial charge in [0.25, 0.3) is 5.91 Å². The first kappa shape index (κ1) is 18.4. The van der Waals surface area contributed by atoms with Gasteiger partial charge in [-0.25, -0.2) is 4.98 Å². The highest BCUT2D eigenvalue weighted by Gasteiger charge is 2.23. The number of amides is 2. The Hall–Kier alpha value is -2.37. The molecule has 140 valence electrons. The molecule has 1 aromatic heterocycles. The molecule has 2 amide bonds. The highest BCUT2D eigenvalue weighted by atomic mass is 16.2. The fourth-order valence-electron chi connectivity index (χ4n) is 3.48. The molecule has 0 bridgehead atoms. The number of hydrogen-bond donors (Lipinski definition) is 0. The molecule has 1 fully saturated rings. The lowest BCUT2D eigenvalue weighted by Gasteiger charge is -2.23. The van der Waals surface area contributed by atoms with E-state index in [0.717, 1.165) is 29.8 Å². The van der Waals surface area contributed by atoms with E-state index >= 15 is 0 Å². The maximum Gasteiger partial charge on any atom is 0.253 e. The number of fused-ring (bicyclic) bond motifs is 1. The van der Waals surface area contributed by atoms with Crippen LogP contribution in [0.5, 0.6) is 0 Å². The van der Waals surface area contributed by atoms with Gasteiger partial charge in [-0.3, -0.25) is 9.59 Å². The minimum Gasteiger partial charge on any atom is -0.341 e. The van der Waals surface area contributed by atoms with Crippen molar-refractivity contribution in [1.82, 2.24) is 19.4 Å². The second-order valence-electron chi connectivity index (χ2n) is 7.55. The zero-order valence-corrected chi connectivity index (χ0v) is 16.2. The Morgan fingerprint density at radius 1 is 1.12 bits per heavy atom. The molecule has 26 heavy (non-hydrogen) atoms. The van der Waals surface area contributed by atoms with Gasteiger partial charge in [0, 0.05) is 45.2 Å². The van der Waals surface area contributed by atoms with Crippen molar-refractivity contribution in [3.8, 4) is 0 Å². The van der Waals surface area contributed by atoms with E-state index in [0.29, 0.717) is 37.5 Å². The summed E-state index contributed by atoms with van der Waals surface area (Å²) in [5, 5.41) is 0. The minimum atomic E-state index is 0.0216. The largest absolute Gasteiger partial charge is 0.341 e. The maximum atomic E-state index is 12.9. The van der Waals surface area contributed by atoms with Crippen LogP contribution in [0.3, 0.4) is 0 Å². The van der Waals surface area contributed by atoms with Crippen molar-refractivity contribution < 1.29 is 9.59 Å². The summed E-state index contributed by atoms with van der Waals surface area (Å²) in [4.78, 5) is 33.5. The molecule has 0 radical (unpaired) electrons. The van der Waals surface area contributed by atoms with Crippen LogP contribution in [0.25, 0.3) is 11.0 Å². The van der Waals surface area contributed by atoms with Gasteiger partial charge in [-0.2, -0.15) is 0 Å². The van der Waals surface area contributed by atoms with Crippen LogP contribution in [0.1, 0.15) is 42.9 Å². The zero-order valence-electron chi connectivity index (χ0n) is 16.2. The van der Waals surface area contributed by atoms with Crippen molar-refractivity contribution in [3.05, 3.63) is 29.6 Å². The van der Waals surface area contributed by atoms with Crippen molar-refractivity contribution in [2.24, 2.45) is 13.0 Å². The van der Waals surface area contributed by atoms with Crippen LogP contribution in [-0.4, -0.2) is 57.3 Å². The van der Waals surface area contributed by atoms with E-state index in [1.165, 1.54) is 0 Å². The van der Waals surface area contributed by atoms with Gasteiger partial charge in [-0.1, -0.05) is 13.8 Å². The number of aryl methyl sites for hydroxylation is 2. The number of imidazole rings is 1. The number of aromatic nitrogens is 2. The van der Waals surface area contributed by atoms with Gasteiger partial charge >= 0.3 is 0 Å². The Balaban J connectivity index is 1.71. The fourth-order valence-corrected chi connectivity index (χ4v) is 3.48. The lowest BCUT2D eigenvalue weighted by atomic mass is 10.1. The normalized spacial score (nSPS) is 15.6. The molecule has 1 saturated heterocycles. The van der Waals surface area contributed by atoms with Crippen molar-refractivity contribution in [1.29, 1.82) is 0 Å². The Morgan fingerprint density at radius 3 is 2.54 bits per heavy atom. The first-order valence-corrected chi connectivity index (χ1v) is 9.37. The highest BCUT2D eigenvalue weighted by Crippen LogP contribution is 2.18. The lowest BCUT2D eigenvalue weighted by molar-refractivity contribution is -0.131. The van der Waals surface area contributed by atoms with Crippen molar-refractivity contribution in [2.75, 3.05) is 26.2 Å². The Labute approximate surface area is 154 Å². The van der Waals surface area contributed by atoms with Crippen molar-refractivity contribution >= 4 is 22.8 Å². The fraction of sp³-hybridized carbons (Fsp3) is 0.550. The molecule has 0 atom stereocenters. The summed E-state index contributed by atoms with van der Waals surface area (Å²) in [5.74, 6) is 1.50. The monoisotopic (exact) mass is 356 g/mol. The highest BCUT2D eigenvalue weighted by molar-refractivity contribution is 5.97. The topological polar surface area (TPSA) is 58.4 Å². The molecule has 0 N–H and O–H groups in total. The predicted molar refractivity (Wildman–Crippen MR) is 102 cm³/mol. The van der Waals surface area contributed by atoms with Crippen molar-refractivity contribution in [2.45, 2.75) is 33.6 Å². The van der Waals surface area contributed by atoms with Crippen LogP contribution in [0, 0.1) is 12.8 Å². The Bertz CT molecular complexity index is 825. The Kier molecular flexibility index (Phi) is 5.30. The number of hydrogen-bond acceptors (Lipinski definition) is 3. The third-order valence-electron chi connectivity index (χ3n) is 5.07. The molecule has 0 spiro atoms. The van der Waals surface area contributed by atoms with Gasteiger partial charge in [0.2, 0.25) is 5.91 Å². The number of carbonyl (C=O) groups is 2. The smallest absolute Gasteiger partial charge is 0.253 e. The summed E-state index contributed by atoms with van der Waals surface area (Å²) in [5.41, 5.74) is 2.54. The standard InChI is InChI=1S/C20H28N4O2/c1-14(2)12-19(25)23-8-5-9-24(11-10-23)20(26)16-6-7-18-17(13-16)21-15(3)22(18)4/h6-7,13-14H,5,8-12H2,1-4H3. The van der Waals surface area contributed by atoms with Gasteiger partial charge in [-0.05, 0) is 37.5 Å². The summed E-state index contributed by atoms with van der Waals surface area (Å²) in [6.45, 7) is 8.68. The minimum absolute atomic E-state index is 0.0216. The van der Waals surface area contributed by atoms with E-state index < -0.39 is 0 Å². The molecular formula is C20H28N4O2. The molecular weight excluding hydrogens is 328 g/mol. The Morgan fingerprint density at radius 2 is 1.81 bits per heavy atom. The molecule has 0 aliphatic carbocycles. The second-order valence-corrected chi connectivity index (χ2v) is 7.55. The molecule has 1 aliphatic heterocycles. The average Bonchev–Trinajstić information content (AvgIpc) is 2.78. The quantitative estimate of drug-likeness (QED) is 0.849. The van der Waals surface area contributed by atoms with E-state index in [4.69, 9.17) is 0 Å². The molecule has 0 saturated carbocycles. The van der Waals surface area contributed by atoms with Crippen LogP contribution in [0.4, 0.5) is 0 Å². The maximum absolute atomic E-state index is 12.9. The van der Waals surface area contributed by atoms with E-state index in [9.17, 15) is 9.59 Å². The average molecular weight is 356 g/mol.